The molecule has 7 heteroatoms. The Morgan fingerprint density at radius 3 is 2.44 bits per heavy atom. The number of nitrogens with one attached hydrogen (secondary N) is 1. The number of amides is 1. The third-order valence-corrected chi connectivity index (χ3v) is 5.18. The molecule has 32 heavy (non-hydrogen) atoms. The van der Waals surface area contributed by atoms with E-state index in [1.54, 1.807) is 32.9 Å². The molecule has 0 radical (unpaired) electrons. The van der Waals surface area contributed by atoms with Crippen LogP contribution < -0.4 is 15.7 Å². The van der Waals surface area contributed by atoms with E-state index in [1.807, 2.05) is 20.8 Å². The highest BCUT2D eigenvalue weighted by atomic mass is 16.6. The van der Waals surface area contributed by atoms with Crippen molar-refractivity contribution in [2.24, 2.45) is 5.92 Å². The Balaban J connectivity index is 2.43. The summed E-state index contributed by atoms with van der Waals surface area (Å²) in [7, 11) is 0. The minimum absolute atomic E-state index is 0.177. The van der Waals surface area contributed by atoms with Crippen LogP contribution in [0, 0.1) is 12.8 Å². The fourth-order valence-corrected chi connectivity index (χ4v) is 3.39. The second-order valence-corrected chi connectivity index (χ2v) is 9.26. The molecule has 1 N–H and O–H groups in total. The number of fused-ring (bicyclic) bond motifs is 1. The molecule has 1 heterocycles. The van der Waals surface area contributed by atoms with Crippen LogP contribution in [0.3, 0.4) is 0 Å². The quantitative estimate of drug-likeness (QED) is 0.337. The first-order valence-electron chi connectivity index (χ1n) is 11.2. The van der Waals surface area contributed by atoms with Gasteiger partial charge in [-0.15, -0.1) is 0 Å². The smallest absolute Gasteiger partial charge is 0.408 e. The Morgan fingerprint density at radius 2 is 1.84 bits per heavy atom. The van der Waals surface area contributed by atoms with Gasteiger partial charge in [0.25, 0.3) is 0 Å². The Hall–Kier alpha value is -2.83. The van der Waals surface area contributed by atoms with Crippen molar-refractivity contribution in [1.82, 2.24) is 5.32 Å². The highest BCUT2D eigenvalue weighted by Gasteiger charge is 2.30. The molecule has 176 valence electrons. The molecule has 2 aromatic rings. The van der Waals surface area contributed by atoms with Gasteiger partial charge >= 0.3 is 17.7 Å². The number of alkyl carbamates (subject to hydrolysis) is 1. The van der Waals surface area contributed by atoms with Crippen molar-refractivity contribution in [3.63, 3.8) is 0 Å². The predicted molar refractivity (Wildman–Crippen MR) is 124 cm³/mol. The molecule has 0 aliphatic rings. The number of benzene rings is 1. The van der Waals surface area contributed by atoms with Gasteiger partial charge in [0.15, 0.2) is 0 Å². The van der Waals surface area contributed by atoms with Gasteiger partial charge in [0, 0.05) is 6.07 Å². The third kappa shape index (κ3) is 6.84. The van der Waals surface area contributed by atoms with Gasteiger partial charge in [0.1, 0.15) is 23.0 Å². The number of hydrogen-bond donors (Lipinski definition) is 1. The van der Waals surface area contributed by atoms with Crippen LogP contribution in [-0.4, -0.2) is 23.7 Å². The lowest BCUT2D eigenvalue weighted by Crippen LogP contribution is -2.48. The van der Waals surface area contributed by atoms with E-state index in [1.165, 1.54) is 6.07 Å². The number of carbonyl (C=O) groups is 2. The largest absolute Gasteiger partial charge is 0.444 e. The molecular weight excluding hydrogens is 410 g/mol. The molecule has 0 saturated carbocycles. The number of esters is 1. The molecule has 1 amide bonds. The van der Waals surface area contributed by atoms with Gasteiger partial charge in [-0.2, -0.15) is 0 Å². The maximum Gasteiger partial charge on any atom is 0.408 e. The predicted octanol–water partition coefficient (Wildman–Crippen LogP) is 5.29. The van der Waals surface area contributed by atoms with E-state index >= 15 is 0 Å². The van der Waals surface area contributed by atoms with Crippen molar-refractivity contribution in [2.45, 2.75) is 85.8 Å². The van der Waals surface area contributed by atoms with Crippen molar-refractivity contribution in [3.8, 4) is 5.75 Å². The summed E-state index contributed by atoms with van der Waals surface area (Å²) >= 11 is 0. The van der Waals surface area contributed by atoms with Crippen LogP contribution in [0.5, 0.6) is 5.75 Å². The molecule has 0 bridgehead atoms. The maximum absolute atomic E-state index is 13.2. The summed E-state index contributed by atoms with van der Waals surface area (Å²) in [5.74, 6) is -0.451. The number of aryl methyl sites for hydroxylation is 2. The van der Waals surface area contributed by atoms with Crippen molar-refractivity contribution < 1.29 is 23.5 Å². The van der Waals surface area contributed by atoms with Crippen LogP contribution >= 0.6 is 0 Å². The topological polar surface area (TPSA) is 94.8 Å². The van der Waals surface area contributed by atoms with Crippen LogP contribution in [0.1, 0.15) is 71.9 Å². The first-order chi connectivity index (χ1) is 14.9. The molecule has 0 spiro atoms. The first-order valence-corrected chi connectivity index (χ1v) is 11.2. The molecule has 0 saturated heterocycles. The normalized spacial score (nSPS) is 13.5. The molecule has 0 fully saturated rings. The zero-order valence-corrected chi connectivity index (χ0v) is 20.2. The van der Waals surface area contributed by atoms with E-state index in [0.29, 0.717) is 29.6 Å². The highest BCUT2D eigenvalue weighted by Crippen LogP contribution is 2.31. The molecule has 1 aromatic heterocycles. The lowest BCUT2D eigenvalue weighted by Gasteiger charge is -2.26. The molecule has 2 atom stereocenters. The summed E-state index contributed by atoms with van der Waals surface area (Å²) in [6, 6.07) is 4.07. The van der Waals surface area contributed by atoms with E-state index in [0.717, 1.165) is 24.0 Å². The molecular formula is C25H35NO6. The summed E-state index contributed by atoms with van der Waals surface area (Å²) in [4.78, 5) is 37.6. The minimum Gasteiger partial charge on any atom is -0.444 e. The van der Waals surface area contributed by atoms with Gasteiger partial charge in [-0.1, -0.05) is 33.6 Å². The van der Waals surface area contributed by atoms with Crippen LogP contribution in [0.4, 0.5) is 4.79 Å². The molecule has 7 nitrogen and oxygen atoms in total. The van der Waals surface area contributed by atoms with Crippen molar-refractivity contribution >= 4 is 23.0 Å². The Morgan fingerprint density at radius 1 is 1.16 bits per heavy atom. The van der Waals surface area contributed by atoms with E-state index < -0.39 is 29.3 Å². The first kappa shape index (κ1) is 25.4. The molecule has 2 rings (SSSR count). The lowest BCUT2D eigenvalue weighted by molar-refractivity contribution is -0.138. The zero-order chi connectivity index (χ0) is 24.1. The van der Waals surface area contributed by atoms with E-state index in [2.05, 4.69) is 12.2 Å². The van der Waals surface area contributed by atoms with Crippen molar-refractivity contribution in [3.05, 3.63) is 39.7 Å². The summed E-state index contributed by atoms with van der Waals surface area (Å²) in [6.07, 6.45) is 2.48. The summed E-state index contributed by atoms with van der Waals surface area (Å²) in [5.41, 5.74) is 0.825. The number of unbranched alkanes of at least 4 members (excludes halogenated alkanes) is 1. The molecule has 0 aliphatic heterocycles. The number of hydrogen-bond acceptors (Lipinski definition) is 6. The summed E-state index contributed by atoms with van der Waals surface area (Å²) in [6.45, 7) is 13.0. The van der Waals surface area contributed by atoms with E-state index in [-0.39, 0.29) is 5.92 Å². The Bertz CT molecular complexity index is 1020. The van der Waals surface area contributed by atoms with Gasteiger partial charge in [-0.05, 0) is 69.7 Å². The zero-order valence-electron chi connectivity index (χ0n) is 20.2. The standard InChI is InChI=1S/C25H35NO6/c1-8-10-11-17-14-20(27)30-18-12-15(3)13-19(21(17)18)31-23(28)22(16(4)9-2)26-24(29)32-25(5,6)7/h12-14,16,22H,8-11H2,1-7H3,(H,26,29)/t16-,22+/m0/s1. The minimum atomic E-state index is -0.889. The van der Waals surface area contributed by atoms with E-state index in [4.69, 9.17) is 13.9 Å². The van der Waals surface area contributed by atoms with Gasteiger partial charge in [-0.3, -0.25) is 0 Å². The fraction of sp³-hybridized carbons (Fsp3) is 0.560. The SMILES string of the molecule is CCCCc1cc(=O)oc2cc(C)cc(OC(=O)[C@H](NC(=O)OC(C)(C)C)[C@@H](C)CC)c12. The number of ether oxygens (including phenoxy) is 2. The van der Waals surface area contributed by atoms with E-state index in [9.17, 15) is 14.4 Å². The van der Waals surface area contributed by atoms with Crippen LogP contribution in [0.25, 0.3) is 11.0 Å². The molecule has 0 aliphatic carbocycles. The van der Waals surface area contributed by atoms with Crippen LogP contribution in [-0.2, 0) is 16.0 Å². The number of carbonyl (C=O) groups excluding carboxylic acids is 2. The Labute approximate surface area is 189 Å². The second-order valence-electron chi connectivity index (χ2n) is 9.26. The molecule has 1 aromatic carbocycles. The fourth-order valence-electron chi connectivity index (χ4n) is 3.39. The third-order valence-electron chi connectivity index (χ3n) is 5.18. The monoisotopic (exact) mass is 445 g/mol. The van der Waals surface area contributed by atoms with Gasteiger partial charge in [-0.25, -0.2) is 14.4 Å². The van der Waals surface area contributed by atoms with Crippen molar-refractivity contribution in [1.29, 1.82) is 0 Å². The summed E-state index contributed by atoms with van der Waals surface area (Å²) in [5, 5.41) is 3.26. The van der Waals surface area contributed by atoms with Gasteiger partial charge < -0.3 is 19.2 Å². The van der Waals surface area contributed by atoms with Crippen LogP contribution in [0.15, 0.2) is 27.4 Å². The van der Waals surface area contributed by atoms with Crippen molar-refractivity contribution in [2.75, 3.05) is 0 Å². The lowest BCUT2D eigenvalue weighted by atomic mass is 9.99. The average molecular weight is 446 g/mol. The highest BCUT2D eigenvalue weighted by molar-refractivity contribution is 5.91. The Kier molecular flexibility index (Phi) is 8.47. The van der Waals surface area contributed by atoms with Gasteiger partial charge in [0.2, 0.25) is 0 Å². The maximum atomic E-state index is 13.2. The molecule has 0 unspecified atom stereocenters. The second kappa shape index (κ2) is 10.7. The summed E-state index contributed by atoms with van der Waals surface area (Å²) < 4.78 is 16.5. The number of rotatable bonds is 8. The average Bonchev–Trinajstić information content (AvgIpc) is 2.67. The van der Waals surface area contributed by atoms with Crippen LogP contribution in [0.2, 0.25) is 0 Å². The van der Waals surface area contributed by atoms with Gasteiger partial charge in [0.05, 0.1) is 5.39 Å².